The van der Waals surface area contributed by atoms with Crippen LogP contribution >= 0.6 is 11.3 Å². The first-order valence-corrected chi connectivity index (χ1v) is 12.6. The Morgan fingerprint density at radius 1 is 1.32 bits per heavy atom. The molecule has 31 heavy (non-hydrogen) atoms. The van der Waals surface area contributed by atoms with E-state index in [4.69, 9.17) is 4.74 Å². The number of ether oxygens (including phenoxy) is 1. The third-order valence-corrected chi connectivity index (χ3v) is 7.64. The van der Waals surface area contributed by atoms with E-state index in [-0.39, 0.29) is 19.0 Å². The number of methoxy groups -OCH3 is 1. The Labute approximate surface area is 185 Å². The Balaban J connectivity index is 1.68. The molecule has 1 amide bonds. The van der Waals surface area contributed by atoms with Gasteiger partial charge in [0.05, 0.1) is 41.7 Å². The maximum Gasteiger partial charge on any atom is 0.233 e. The molecule has 0 aliphatic carbocycles. The van der Waals surface area contributed by atoms with Gasteiger partial charge in [0.1, 0.15) is 5.75 Å². The molecular formula is C21H24N4O4S2. The van der Waals surface area contributed by atoms with Crippen LogP contribution in [0.1, 0.15) is 18.5 Å². The average molecular weight is 461 g/mol. The number of anilines is 1. The minimum atomic E-state index is -3.35. The van der Waals surface area contributed by atoms with Gasteiger partial charge in [0.25, 0.3) is 0 Å². The molecule has 1 aromatic carbocycles. The molecule has 3 aromatic rings. The number of aromatic nitrogens is 2. The van der Waals surface area contributed by atoms with Crippen LogP contribution in [0.4, 0.5) is 5.13 Å². The van der Waals surface area contributed by atoms with Crippen molar-refractivity contribution in [2.45, 2.75) is 19.4 Å². The molecular weight excluding hydrogens is 436 g/mol. The maximum atomic E-state index is 13.6. The fourth-order valence-electron chi connectivity index (χ4n) is 3.69. The molecule has 0 spiro atoms. The molecule has 1 saturated heterocycles. The highest BCUT2D eigenvalue weighted by Crippen LogP contribution is 2.34. The summed E-state index contributed by atoms with van der Waals surface area (Å²) in [7, 11) is -1.74. The third-order valence-electron chi connectivity index (χ3n) is 5.33. The molecule has 3 heterocycles. The zero-order valence-corrected chi connectivity index (χ0v) is 19.0. The van der Waals surface area contributed by atoms with Crippen LogP contribution in [0, 0.1) is 5.92 Å². The highest BCUT2D eigenvalue weighted by Gasteiger charge is 2.34. The smallest absolute Gasteiger partial charge is 0.233 e. The van der Waals surface area contributed by atoms with Gasteiger partial charge in [-0.25, -0.2) is 17.7 Å². The van der Waals surface area contributed by atoms with Gasteiger partial charge in [0.2, 0.25) is 15.9 Å². The van der Waals surface area contributed by atoms with E-state index < -0.39 is 15.9 Å². The molecule has 1 aliphatic heterocycles. The van der Waals surface area contributed by atoms with Crippen molar-refractivity contribution < 1.29 is 17.9 Å². The second-order valence-electron chi connectivity index (χ2n) is 7.54. The number of hydrogen-bond donors (Lipinski definition) is 0. The molecule has 164 valence electrons. The monoisotopic (exact) mass is 460 g/mol. The van der Waals surface area contributed by atoms with Gasteiger partial charge in [-0.2, -0.15) is 0 Å². The number of rotatable bonds is 6. The number of carbonyl (C=O) groups is 1. The second-order valence-corrected chi connectivity index (χ2v) is 10.5. The van der Waals surface area contributed by atoms with Gasteiger partial charge in [0.15, 0.2) is 5.13 Å². The van der Waals surface area contributed by atoms with Crippen molar-refractivity contribution in [1.29, 1.82) is 0 Å². The summed E-state index contributed by atoms with van der Waals surface area (Å²) in [5, 5.41) is 0.565. The normalized spacial score (nSPS) is 17.5. The lowest BCUT2D eigenvalue weighted by Gasteiger charge is -2.32. The summed E-state index contributed by atoms with van der Waals surface area (Å²) < 4.78 is 31.7. The molecule has 2 aromatic heterocycles. The Bertz CT molecular complexity index is 1180. The molecule has 1 fully saturated rings. The second kappa shape index (κ2) is 8.89. The zero-order chi connectivity index (χ0) is 22.0. The van der Waals surface area contributed by atoms with Gasteiger partial charge in [-0.1, -0.05) is 17.4 Å². The molecule has 0 saturated carbocycles. The molecule has 0 bridgehead atoms. The Hall–Kier alpha value is -2.56. The van der Waals surface area contributed by atoms with E-state index in [0.29, 0.717) is 24.5 Å². The van der Waals surface area contributed by atoms with Crippen LogP contribution in [0.2, 0.25) is 0 Å². The summed E-state index contributed by atoms with van der Waals surface area (Å²) in [6, 6.07) is 11.2. The number of benzene rings is 1. The third kappa shape index (κ3) is 4.86. The number of amides is 1. The number of fused-ring (bicyclic) bond motifs is 1. The van der Waals surface area contributed by atoms with E-state index in [2.05, 4.69) is 9.97 Å². The molecule has 0 N–H and O–H groups in total. The van der Waals surface area contributed by atoms with E-state index in [1.807, 2.05) is 36.4 Å². The van der Waals surface area contributed by atoms with Gasteiger partial charge in [-0.15, -0.1) is 0 Å². The van der Waals surface area contributed by atoms with Crippen molar-refractivity contribution in [3.05, 3.63) is 48.3 Å². The summed E-state index contributed by atoms with van der Waals surface area (Å²) in [5.41, 5.74) is 1.52. The van der Waals surface area contributed by atoms with E-state index >= 15 is 0 Å². The number of piperidine rings is 1. The van der Waals surface area contributed by atoms with Crippen molar-refractivity contribution in [2.24, 2.45) is 5.92 Å². The molecule has 10 heteroatoms. The van der Waals surface area contributed by atoms with Gasteiger partial charge in [-0.3, -0.25) is 14.7 Å². The quantitative estimate of drug-likeness (QED) is 0.562. The SMILES string of the molecule is COc1ccc2nc(N(Cc3ccccn3)C(=O)C3CCCN(S(C)(=O)=O)C3)sc2c1. The lowest BCUT2D eigenvalue weighted by atomic mass is 9.98. The molecule has 1 aliphatic rings. The summed E-state index contributed by atoms with van der Waals surface area (Å²) in [6.07, 6.45) is 4.17. The number of hydrogen-bond acceptors (Lipinski definition) is 7. The Morgan fingerprint density at radius 3 is 2.87 bits per heavy atom. The fraction of sp³-hybridized carbons (Fsp3) is 0.381. The van der Waals surface area contributed by atoms with Crippen LogP contribution in [-0.4, -0.2) is 55.1 Å². The largest absolute Gasteiger partial charge is 0.497 e. The predicted octanol–water partition coefficient (Wildman–Crippen LogP) is 2.90. The standard InChI is InChI=1S/C21H24N4O4S2/c1-29-17-8-9-18-19(12-17)30-21(23-18)25(14-16-7-3-4-10-22-16)20(26)15-6-5-11-24(13-15)31(2,27)28/h3-4,7-10,12,15H,5-6,11,13-14H2,1-2H3. The summed E-state index contributed by atoms with van der Waals surface area (Å²) in [4.78, 5) is 24.3. The number of thiazole rings is 1. The molecule has 1 atom stereocenters. The summed E-state index contributed by atoms with van der Waals surface area (Å²) in [6.45, 7) is 0.908. The first kappa shape index (κ1) is 21.7. The van der Waals surface area contributed by atoms with Crippen molar-refractivity contribution in [1.82, 2.24) is 14.3 Å². The summed E-state index contributed by atoms with van der Waals surface area (Å²) in [5.74, 6) is 0.167. The Morgan fingerprint density at radius 2 is 2.16 bits per heavy atom. The topological polar surface area (TPSA) is 92.7 Å². The van der Waals surface area contributed by atoms with Crippen molar-refractivity contribution in [2.75, 3.05) is 31.4 Å². The minimum Gasteiger partial charge on any atom is -0.497 e. The molecule has 8 nitrogen and oxygen atoms in total. The van der Waals surface area contributed by atoms with Gasteiger partial charge in [-0.05, 0) is 43.2 Å². The van der Waals surface area contributed by atoms with Gasteiger partial charge < -0.3 is 4.74 Å². The van der Waals surface area contributed by atoms with Crippen LogP contribution in [0.25, 0.3) is 10.2 Å². The molecule has 0 radical (unpaired) electrons. The first-order chi connectivity index (χ1) is 14.8. The van der Waals surface area contributed by atoms with Crippen molar-refractivity contribution in [3.63, 3.8) is 0 Å². The van der Waals surface area contributed by atoms with E-state index in [1.165, 1.54) is 21.9 Å². The lowest BCUT2D eigenvalue weighted by molar-refractivity contribution is -0.123. The maximum absolute atomic E-state index is 13.6. The number of sulfonamides is 1. The molecule has 4 rings (SSSR count). The lowest BCUT2D eigenvalue weighted by Crippen LogP contribution is -2.46. The van der Waals surface area contributed by atoms with Crippen molar-refractivity contribution in [3.8, 4) is 5.75 Å². The minimum absolute atomic E-state index is 0.134. The van der Waals surface area contributed by atoms with E-state index in [1.54, 1.807) is 18.2 Å². The molecule has 1 unspecified atom stereocenters. The highest BCUT2D eigenvalue weighted by atomic mass is 32.2. The number of carbonyl (C=O) groups excluding carboxylic acids is 1. The number of pyridine rings is 1. The van der Waals surface area contributed by atoms with Crippen LogP contribution in [0.15, 0.2) is 42.6 Å². The van der Waals surface area contributed by atoms with Gasteiger partial charge in [0, 0.05) is 19.3 Å². The number of nitrogens with zero attached hydrogens (tertiary/aromatic N) is 4. The summed E-state index contributed by atoms with van der Waals surface area (Å²) >= 11 is 1.41. The van der Waals surface area contributed by atoms with Crippen molar-refractivity contribution >= 4 is 42.6 Å². The Kier molecular flexibility index (Phi) is 6.22. The van der Waals surface area contributed by atoms with Gasteiger partial charge >= 0.3 is 0 Å². The highest BCUT2D eigenvalue weighted by molar-refractivity contribution is 7.88. The van der Waals surface area contributed by atoms with E-state index in [0.717, 1.165) is 21.7 Å². The fourth-order valence-corrected chi connectivity index (χ4v) is 5.60. The van der Waals surface area contributed by atoms with Crippen LogP contribution in [0.5, 0.6) is 5.75 Å². The van der Waals surface area contributed by atoms with Crippen LogP contribution < -0.4 is 9.64 Å². The average Bonchev–Trinajstić information content (AvgIpc) is 3.20. The van der Waals surface area contributed by atoms with Crippen LogP contribution in [-0.2, 0) is 21.4 Å². The first-order valence-electron chi connectivity index (χ1n) is 9.96. The zero-order valence-electron chi connectivity index (χ0n) is 17.4. The predicted molar refractivity (Wildman–Crippen MR) is 121 cm³/mol. The van der Waals surface area contributed by atoms with Crippen LogP contribution in [0.3, 0.4) is 0 Å². The van der Waals surface area contributed by atoms with E-state index in [9.17, 15) is 13.2 Å².